The van der Waals surface area contributed by atoms with Crippen LogP contribution < -0.4 is 33.6 Å². The Morgan fingerprint density at radius 3 is 2.15 bits per heavy atom. The molecule has 0 aliphatic carbocycles. The number of carboxylic acid groups (broad SMARTS) is 1. The molecule has 0 aliphatic heterocycles. The topological polar surface area (TPSA) is 229 Å². The zero-order valence-electron chi connectivity index (χ0n) is 14.6. The summed E-state index contributed by atoms with van der Waals surface area (Å²) in [4.78, 5) is 49.5. The van der Waals surface area contributed by atoms with Crippen molar-refractivity contribution in [2.45, 2.75) is 50.7 Å². The summed E-state index contributed by atoms with van der Waals surface area (Å²) < 4.78 is 0. The highest BCUT2D eigenvalue weighted by molar-refractivity contribution is 5.91. The molecule has 0 radical (unpaired) electrons. The molecule has 0 aromatic carbocycles. The number of carboxylic acids is 1. The van der Waals surface area contributed by atoms with Crippen molar-refractivity contribution in [2.24, 2.45) is 27.9 Å². The van der Waals surface area contributed by atoms with Crippen LogP contribution in [0.15, 0.2) is 4.99 Å². The second-order valence-electron chi connectivity index (χ2n) is 5.69. The number of aliphatic imine (C=N–C) groups is 1. The largest absolute Gasteiger partial charge is 0.480 e. The molecular formula is C14H27N7O5. The summed E-state index contributed by atoms with van der Waals surface area (Å²) in [6, 6.07) is -3.17. The average Bonchev–Trinajstić information content (AvgIpc) is 2.54. The van der Waals surface area contributed by atoms with Crippen LogP contribution in [0.2, 0.25) is 0 Å². The fourth-order valence-corrected chi connectivity index (χ4v) is 1.87. The molecule has 148 valence electrons. The first kappa shape index (κ1) is 23.1. The second-order valence-corrected chi connectivity index (χ2v) is 5.69. The van der Waals surface area contributed by atoms with Gasteiger partial charge >= 0.3 is 5.97 Å². The van der Waals surface area contributed by atoms with Gasteiger partial charge in [0.15, 0.2) is 5.96 Å². The van der Waals surface area contributed by atoms with Crippen LogP contribution in [0.5, 0.6) is 0 Å². The molecule has 26 heavy (non-hydrogen) atoms. The monoisotopic (exact) mass is 373 g/mol. The molecule has 0 saturated carbocycles. The van der Waals surface area contributed by atoms with Gasteiger partial charge in [-0.05, 0) is 26.2 Å². The lowest BCUT2D eigenvalue weighted by atomic mass is 10.1. The fourth-order valence-electron chi connectivity index (χ4n) is 1.87. The maximum atomic E-state index is 12.1. The normalized spacial score (nSPS) is 13.8. The SMILES string of the molecule is C[C@H](NC(=O)[C@@H](N)CCC(N)=O)C(=O)N[C@@H](CCCN=C(N)N)C(=O)O. The van der Waals surface area contributed by atoms with E-state index in [1.54, 1.807) is 0 Å². The highest BCUT2D eigenvalue weighted by Gasteiger charge is 2.25. The van der Waals surface area contributed by atoms with Gasteiger partial charge in [-0.3, -0.25) is 19.4 Å². The van der Waals surface area contributed by atoms with Gasteiger partial charge < -0.3 is 38.7 Å². The molecule has 0 unspecified atom stereocenters. The van der Waals surface area contributed by atoms with Gasteiger partial charge in [0.25, 0.3) is 0 Å². The van der Waals surface area contributed by atoms with Crippen molar-refractivity contribution in [3.63, 3.8) is 0 Å². The molecule has 0 aliphatic rings. The van der Waals surface area contributed by atoms with Crippen molar-refractivity contribution in [1.82, 2.24) is 10.6 Å². The molecule has 0 spiro atoms. The highest BCUT2D eigenvalue weighted by Crippen LogP contribution is 2.00. The van der Waals surface area contributed by atoms with Crippen molar-refractivity contribution in [3.05, 3.63) is 0 Å². The molecule has 11 N–H and O–H groups in total. The molecule has 0 aromatic rings. The Balaban J connectivity index is 4.49. The summed E-state index contributed by atoms with van der Waals surface area (Å²) in [5, 5.41) is 13.8. The van der Waals surface area contributed by atoms with Crippen LogP contribution in [-0.2, 0) is 19.2 Å². The number of nitrogens with one attached hydrogen (secondary N) is 2. The van der Waals surface area contributed by atoms with Crippen LogP contribution in [0.1, 0.15) is 32.6 Å². The van der Waals surface area contributed by atoms with Crippen molar-refractivity contribution in [3.8, 4) is 0 Å². The molecule has 0 aromatic heterocycles. The minimum Gasteiger partial charge on any atom is -0.480 e. The smallest absolute Gasteiger partial charge is 0.326 e. The third kappa shape index (κ3) is 10.1. The van der Waals surface area contributed by atoms with Crippen LogP contribution in [-0.4, -0.2) is 59.4 Å². The average molecular weight is 373 g/mol. The maximum absolute atomic E-state index is 12.1. The quantitative estimate of drug-likeness (QED) is 0.104. The van der Waals surface area contributed by atoms with E-state index in [1.165, 1.54) is 6.92 Å². The van der Waals surface area contributed by atoms with E-state index in [9.17, 15) is 19.2 Å². The van der Waals surface area contributed by atoms with E-state index in [1.807, 2.05) is 0 Å². The van der Waals surface area contributed by atoms with E-state index < -0.39 is 41.8 Å². The molecule has 0 fully saturated rings. The van der Waals surface area contributed by atoms with E-state index in [0.717, 1.165) is 0 Å². The molecule has 0 saturated heterocycles. The first-order chi connectivity index (χ1) is 12.0. The van der Waals surface area contributed by atoms with Gasteiger partial charge in [0.2, 0.25) is 17.7 Å². The van der Waals surface area contributed by atoms with Crippen molar-refractivity contribution >= 4 is 29.7 Å². The predicted molar refractivity (Wildman–Crippen MR) is 93.5 cm³/mol. The van der Waals surface area contributed by atoms with E-state index in [-0.39, 0.29) is 31.8 Å². The number of amides is 3. The first-order valence-electron chi connectivity index (χ1n) is 7.97. The lowest BCUT2D eigenvalue weighted by molar-refractivity contribution is -0.142. The van der Waals surface area contributed by atoms with Gasteiger partial charge in [-0.15, -0.1) is 0 Å². The summed E-state index contributed by atoms with van der Waals surface area (Å²) in [6.07, 6.45) is 0.425. The summed E-state index contributed by atoms with van der Waals surface area (Å²) >= 11 is 0. The number of primary amides is 1. The minimum absolute atomic E-state index is 0.0397. The van der Waals surface area contributed by atoms with Crippen LogP contribution in [0.25, 0.3) is 0 Å². The standard InChI is InChI=1S/C14H27N7O5/c1-7(20-12(24)8(15)4-5-10(16)22)11(23)21-9(13(25)26)3-2-6-19-14(17)18/h7-9H,2-6,15H2,1H3,(H2,16,22)(H,20,24)(H,21,23)(H,25,26)(H4,17,18,19)/t7-,8-,9-/m0/s1. The number of aliphatic carboxylic acids is 1. The molecule has 12 heteroatoms. The van der Waals surface area contributed by atoms with Gasteiger partial charge in [-0.25, -0.2) is 4.79 Å². The third-order valence-electron chi connectivity index (χ3n) is 3.35. The summed E-state index contributed by atoms with van der Waals surface area (Å²) in [5.41, 5.74) is 20.9. The van der Waals surface area contributed by atoms with Crippen LogP contribution >= 0.6 is 0 Å². The predicted octanol–water partition coefficient (Wildman–Crippen LogP) is -3.29. The van der Waals surface area contributed by atoms with E-state index >= 15 is 0 Å². The molecule has 0 bridgehead atoms. The van der Waals surface area contributed by atoms with Gasteiger partial charge in [0, 0.05) is 13.0 Å². The van der Waals surface area contributed by atoms with Crippen molar-refractivity contribution < 1.29 is 24.3 Å². The molecule has 0 rings (SSSR count). The Hall–Kier alpha value is -2.89. The number of hydrogen-bond acceptors (Lipinski definition) is 6. The molecule has 0 heterocycles. The van der Waals surface area contributed by atoms with Gasteiger partial charge in [0.1, 0.15) is 12.1 Å². The van der Waals surface area contributed by atoms with E-state index in [4.69, 9.17) is 28.0 Å². The first-order valence-corrected chi connectivity index (χ1v) is 7.97. The van der Waals surface area contributed by atoms with E-state index in [0.29, 0.717) is 6.42 Å². The Morgan fingerprint density at radius 1 is 1.04 bits per heavy atom. The summed E-state index contributed by atoms with van der Waals surface area (Å²) in [6.45, 7) is 1.61. The van der Waals surface area contributed by atoms with Crippen LogP contribution in [0.4, 0.5) is 0 Å². The lowest BCUT2D eigenvalue weighted by Gasteiger charge is -2.20. The summed E-state index contributed by atoms with van der Waals surface area (Å²) in [7, 11) is 0. The molecular weight excluding hydrogens is 346 g/mol. The van der Waals surface area contributed by atoms with Crippen LogP contribution in [0, 0.1) is 0 Å². The number of hydrogen-bond donors (Lipinski definition) is 7. The number of carbonyl (C=O) groups excluding carboxylic acids is 3. The third-order valence-corrected chi connectivity index (χ3v) is 3.35. The molecule has 12 nitrogen and oxygen atoms in total. The van der Waals surface area contributed by atoms with Crippen molar-refractivity contribution in [2.75, 3.05) is 6.54 Å². The zero-order chi connectivity index (χ0) is 20.3. The minimum atomic E-state index is -1.22. The highest BCUT2D eigenvalue weighted by atomic mass is 16.4. The fraction of sp³-hybridized carbons (Fsp3) is 0.643. The number of carbonyl (C=O) groups is 4. The Morgan fingerprint density at radius 2 is 1.65 bits per heavy atom. The van der Waals surface area contributed by atoms with Gasteiger partial charge in [-0.1, -0.05) is 0 Å². The Bertz CT molecular complexity index is 548. The van der Waals surface area contributed by atoms with E-state index in [2.05, 4.69) is 15.6 Å². The Labute approximate surface area is 150 Å². The molecule has 3 atom stereocenters. The van der Waals surface area contributed by atoms with Gasteiger partial charge in [0.05, 0.1) is 6.04 Å². The number of nitrogens with zero attached hydrogens (tertiary/aromatic N) is 1. The maximum Gasteiger partial charge on any atom is 0.326 e. The van der Waals surface area contributed by atoms with Crippen molar-refractivity contribution in [1.29, 1.82) is 0 Å². The zero-order valence-corrected chi connectivity index (χ0v) is 14.6. The summed E-state index contributed by atoms with van der Waals surface area (Å²) in [5.74, 6) is -3.25. The number of guanidine groups is 1. The van der Waals surface area contributed by atoms with Crippen LogP contribution in [0.3, 0.4) is 0 Å². The second kappa shape index (κ2) is 11.6. The molecule has 3 amide bonds. The lowest BCUT2D eigenvalue weighted by Crippen LogP contribution is -2.53. The Kier molecular flexibility index (Phi) is 10.3. The number of nitrogens with two attached hydrogens (primary N) is 4. The number of rotatable bonds is 12. The van der Waals surface area contributed by atoms with Gasteiger partial charge in [-0.2, -0.15) is 0 Å².